The summed E-state index contributed by atoms with van der Waals surface area (Å²) in [6.45, 7) is 3.62. The molecule has 26 heavy (non-hydrogen) atoms. The normalized spacial score (nSPS) is 10.0. The minimum absolute atomic E-state index is 0.131. The number of benzene rings is 2. The van der Waals surface area contributed by atoms with Gasteiger partial charge in [0.05, 0.1) is 13.2 Å². The second-order valence-corrected chi connectivity index (χ2v) is 5.47. The lowest BCUT2D eigenvalue weighted by atomic mass is 10.2. The van der Waals surface area contributed by atoms with E-state index in [1.54, 1.807) is 24.3 Å². The first-order valence-corrected chi connectivity index (χ1v) is 8.64. The Morgan fingerprint density at radius 3 is 2.15 bits per heavy atom. The minimum Gasteiger partial charge on any atom is -0.494 e. The zero-order chi connectivity index (χ0) is 18.6. The molecule has 0 bridgehead atoms. The van der Waals surface area contributed by atoms with Crippen LogP contribution >= 0.6 is 0 Å². The molecule has 0 unspecified atom stereocenters. The summed E-state index contributed by atoms with van der Waals surface area (Å²) < 4.78 is 10.9. The molecule has 6 nitrogen and oxygen atoms in total. The molecule has 0 aromatic heterocycles. The average molecular weight is 356 g/mol. The summed E-state index contributed by atoms with van der Waals surface area (Å²) in [7, 11) is 0. The summed E-state index contributed by atoms with van der Waals surface area (Å²) >= 11 is 0. The summed E-state index contributed by atoms with van der Waals surface area (Å²) in [5.74, 6) is 1.20. The fourth-order valence-corrected chi connectivity index (χ4v) is 2.23. The monoisotopic (exact) mass is 356 g/mol. The molecule has 0 aliphatic heterocycles. The van der Waals surface area contributed by atoms with Gasteiger partial charge >= 0.3 is 0 Å². The molecular formula is C20H24N2O4. The van der Waals surface area contributed by atoms with E-state index in [-0.39, 0.29) is 18.2 Å². The third-order valence-electron chi connectivity index (χ3n) is 3.50. The molecule has 6 heteroatoms. The average Bonchev–Trinajstić information content (AvgIpc) is 2.67. The zero-order valence-corrected chi connectivity index (χ0v) is 14.9. The maximum absolute atomic E-state index is 11.8. The molecule has 0 saturated carbocycles. The number of ether oxygens (including phenoxy) is 2. The molecule has 0 spiro atoms. The van der Waals surface area contributed by atoms with Crippen LogP contribution in [0.1, 0.15) is 23.7 Å². The summed E-state index contributed by atoms with van der Waals surface area (Å²) in [5, 5.41) is 5.48. The number of hydrogen-bond acceptors (Lipinski definition) is 4. The van der Waals surface area contributed by atoms with Gasteiger partial charge in [-0.3, -0.25) is 9.59 Å². The van der Waals surface area contributed by atoms with Crippen LogP contribution in [0.5, 0.6) is 11.5 Å². The van der Waals surface area contributed by atoms with Gasteiger partial charge in [0.2, 0.25) is 5.91 Å². The number of hydrogen-bond donors (Lipinski definition) is 2. The van der Waals surface area contributed by atoms with Crippen LogP contribution in [0.15, 0.2) is 54.6 Å². The molecule has 0 fully saturated rings. The topological polar surface area (TPSA) is 76.7 Å². The fourth-order valence-electron chi connectivity index (χ4n) is 2.23. The second kappa shape index (κ2) is 10.8. The quantitative estimate of drug-likeness (QED) is 0.641. The smallest absolute Gasteiger partial charge is 0.251 e. The molecule has 0 heterocycles. The second-order valence-electron chi connectivity index (χ2n) is 5.47. The maximum Gasteiger partial charge on any atom is 0.251 e. The van der Waals surface area contributed by atoms with E-state index in [4.69, 9.17) is 9.47 Å². The first-order chi connectivity index (χ1) is 12.7. The van der Waals surface area contributed by atoms with Crippen molar-refractivity contribution >= 4 is 11.8 Å². The molecule has 0 saturated heterocycles. The summed E-state index contributed by atoms with van der Waals surface area (Å²) in [5.41, 5.74) is 0.580. The van der Waals surface area contributed by atoms with Crippen LogP contribution < -0.4 is 20.1 Å². The van der Waals surface area contributed by atoms with Gasteiger partial charge in [-0.05, 0) is 43.3 Å². The van der Waals surface area contributed by atoms with E-state index in [2.05, 4.69) is 10.6 Å². The lowest BCUT2D eigenvalue weighted by Gasteiger charge is -2.09. The molecule has 2 rings (SSSR count). The van der Waals surface area contributed by atoms with Gasteiger partial charge in [0.15, 0.2) is 0 Å². The van der Waals surface area contributed by atoms with E-state index in [1.807, 2.05) is 37.3 Å². The van der Waals surface area contributed by atoms with Gasteiger partial charge in [0, 0.05) is 18.5 Å². The van der Waals surface area contributed by atoms with Crippen molar-refractivity contribution in [3.05, 3.63) is 60.2 Å². The van der Waals surface area contributed by atoms with E-state index < -0.39 is 0 Å². The highest BCUT2D eigenvalue weighted by Crippen LogP contribution is 2.17. The molecule has 2 aromatic rings. The molecule has 0 atom stereocenters. The maximum atomic E-state index is 11.8. The fraction of sp³-hybridized carbons (Fsp3) is 0.300. The molecule has 138 valence electrons. The van der Waals surface area contributed by atoms with Gasteiger partial charge in [-0.1, -0.05) is 18.2 Å². The third kappa shape index (κ3) is 6.84. The van der Waals surface area contributed by atoms with E-state index in [9.17, 15) is 9.59 Å². The van der Waals surface area contributed by atoms with Crippen molar-refractivity contribution in [2.75, 3.05) is 26.3 Å². The minimum atomic E-state index is -0.183. The van der Waals surface area contributed by atoms with Crippen molar-refractivity contribution < 1.29 is 19.1 Å². The number of rotatable bonds is 10. The van der Waals surface area contributed by atoms with Gasteiger partial charge in [0.1, 0.15) is 18.1 Å². The Hall–Kier alpha value is -3.02. The molecule has 0 aliphatic carbocycles. The van der Waals surface area contributed by atoms with E-state index >= 15 is 0 Å². The van der Waals surface area contributed by atoms with Crippen LogP contribution in [-0.4, -0.2) is 38.1 Å². The Kier molecular flexibility index (Phi) is 7.99. The van der Waals surface area contributed by atoms with Crippen molar-refractivity contribution in [2.45, 2.75) is 13.3 Å². The van der Waals surface area contributed by atoms with Crippen molar-refractivity contribution in [1.82, 2.24) is 10.6 Å². The largest absolute Gasteiger partial charge is 0.494 e. The summed E-state index contributed by atoms with van der Waals surface area (Å²) in [6, 6.07) is 16.2. The third-order valence-corrected chi connectivity index (χ3v) is 3.50. The molecule has 2 aromatic carbocycles. The standard InChI is InChI=1S/C20H24N2O4/c1-2-25-17-8-10-18(11-9-17)26-15-14-21-19(23)12-13-22-20(24)16-6-4-3-5-7-16/h3-11H,2,12-15H2,1H3,(H,21,23)(H,22,24). The Labute approximate surface area is 153 Å². The lowest BCUT2D eigenvalue weighted by molar-refractivity contribution is -0.121. The first kappa shape index (κ1) is 19.3. The van der Waals surface area contributed by atoms with E-state index in [0.29, 0.717) is 31.9 Å². The Balaban J connectivity index is 1.56. The van der Waals surface area contributed by atoms with E-state index in [0.717, 1.165) is 11.5 Å². The zero-order valence-electron chi connectivity index (χ0n) is 14.9. The highest BCUT2D eigenvalue weighted by atomic mass is 16.5. The first-order valence-electron chi connectivity index (χ1n) is 8.64. The van der Waals surface area contributed by atoms with Crippen LogP contribution in [0.3, 0.4) is 0 Å². The summed E-state index contributed by atoms with van der Waals surface area (Å²) in [6.07, 6.45) is 0.224. The van der Waals surface area contributed by atoms with E-state index in [1.165, 1.54) is 0 Å². The number of carbonyl (C=O) groups excluding carboxylic acids is 2. The predicted molar refractivity (Wildman–Crippen MR) is 99.5 cm³/mol. The van der Waals surface area contributed by atoms with Gasteiger partial charge in [-0.25, -0.2) is 0 Å². The van der Waals surface area contributed by atoms with Crippen LogP contribution in [0.4, 0.5) is 0 Å². The van der Waals surface area contributed by atoms with Crippen molar-refractivity contribution in [1.29, 1.82) is 0 Å². The van der Waals surface area contributed by atoms with Crippen LogP contribution in [0.25, 0.3) is 0 Å². The Morgan fingerprint density at radius 2 is 1.50 bits per heavy atom. The molecule has 0 radical (unpaired) electrons. The van der Waals surface area contributed by atoms with Crippen LogP contribution in [0.2, 0.25) is 0 Å². The SMILES string of the molecule is CCOc1ccc(OCCNC(=O)CCNC(=O)c2ccccc2)cc1. The molecule has 0 aliphatic rings. The highest BCUT2D eigenvalue weighted by Gasteiger charge is 2.05. The Morgan fingerprint density at radius 1 is 0.846 bits per heavy atom. The summed E-state index contributed by atoms with van der Waals surface area (Å²) in [4.78, 5) is 23.6. The molecule has 2 N–H and O–H groups in total. The lowest BCUT2D eigenvalue weighted by Crippen LogP contribution is -2.32. The number of carbonyl (C=O) groups is 2. The number of amides is 2. The van der Waals surface area contributed by atoms with Crippen molar-refractivity contribution in [3.8, 4) is 11.5 Å². The van der Waals surface area contributed by atoms with Gasteiger partial charge in [-0.2, -0.15) is 0 Å². The van der Waals surface area contributed by atoms with Gasteiger partial charge < -0.3 is 20.1 Å². The van der Waals surface area contributed by atoms with Crippen LogP contribution in [-0.2, 0) is 4.79 Å². The highest BCUT2D eigenvalue weighted by molar-refractivity contribution is 5.94. The molecular weight excluding hydrogens is 332 g/mol. The van der Waals surface area contributed by atoms with Crippen molar-refractivity contribution in [2.24, 2.45) is 0 Å². The van der Waals surface area contributed by atoms with Gasteiger partial charge in [-0.15, -0.1) is 0 Å². The van der Waals surface area contributed by atoms with Crippen LogP contribution in [0, 0.1) is 0 Å². The van der Waals surface area contributed by atoms with Gasteiger partial charge in [0.25, 0.3) is 5.91 Å². The predicted octanol–water partition coefficient (Wildman–Crippen LogP) is 2.40. The molecule has 2 amide bonds. The van der Waals surface area contributed by atoms with Crippen molar-refractivity contribution in [3.63, 3.8) is 0 Å². The Bertz CT molecular complexity index is 687. The number of nitrogens with one attached hydrogen (secondary N) is 2.